The normalized spacial score (nSPS) is 17.1. The minimum atomic E-state index is 0.0889. The van der Waals surface area contributed by atoms with E-state index in [1.165, 1.54) is 11.3 Å². The van der Waals surface area contributed by atoms with Crippen molar-refractivity contribution in [3.05, 3.63) is 72.3 Å². The molecule has 184 valence electrons. The number of amides is 1. The minimum absolute atomic E-state index is 0.0889. The van der Waals surface area contributed by atoms with Crippen molar-refractivity contribution in [2.75, 3.05) is 49.1 Å². The Bertz CT molecular complexity index is 1350. The van der Waals surface area contributed by atoms with Crippen LogP contribution in [0.1, 0.15) is 18.4 Å². The van der Waals surface area contributed by atoms with Crippen LogP contribution in [0.3, 0.4) is 0 Å². The number of carbonyl (C=O) groups is 1. The van der Waals surface area contributed by atoms with Gasteiger partial charge >= 0.3 is 0 Å². The fourth-order valence-corrected chi connectivity index (χ4v) is 5.35. The molecule has 0 bridgehead atoms. The summed E-state index contributed by atoms with van der Waals surface area (Å²) in [6.45, 7) is 7.08. The van der Waals surface area contributed by atoms with E-state index in [0.717, 1.165) is 75.0 Å². The highest BCUT2D eigenvalue weighted by Crippen LogP contribution is 2.26. The highest BCUT2D eigenvalue weighted by atomic mass is 16.2. The second kappa shape index (κ2) is 9.60. The van der Waals surface area contributed by atoms with E-state index < -0.39 is 0 Å². The summed E-state index contributed by atoms with van der Waals surface area (Å²) in [6.07, 6.45) is 1.70. The number of aromatic nitrogens is 4. The smallest absolute Gasteiger partial charge is 0.225 e. The first kappa shape index (κ1) is 22.5. The van der Waals surface area contributed by atoms with Crippen molar-refractivity contribution in [1.82, 2.24) is 24.7 Å². The molecule has 36 heavy (non-hydrogen) atoms. The standard InChI is InChI=1S/C28H31N7O/c1-21-6-5-7-23(20-21)27-30-29-25-10-11-26(31-35(25)27)33-14-12-22(13-15-33)28(36)34-18-16-32(17-19-34)24-8-3-2-4-9-24/h2-11,20,22H,12-19H2,1H3. The highest BCUT2D eigenvalue weighted by Gasteiger charge is 2.31. The van der Waals surface area contributed by atoms with Crippen molar-refractivity contribution in [2.24, 2.45) is 5.92 Å². The number of fused-ring (bicyclic) bond motifs is 1. The highest BCUT2D eigenvalue weighted by molar-refractivity contribution is 5.79. The quantitative estimate of drug-likeness (QED) is 0.443. The number of para-hydroxylation sites is 1. The van der Waals surface area contributed by atoms with Crippen LogP contribution in [0.2, 0.25) is 0 Å². The van der Waals surface area contributed by atoms with E-state index in [0.29, 0.717) is 5.91 Å². The number of carbonyl (C=O) groups excluding carboxylic acids is 1. The molecule has 2 aromatic heterocycles. The number of hydrogen-bond donors (Lipinski definition) is 0. The predicted octanol–water partition coefficient (Wildman–Crippen LogP) is 3.66. The Kier molecular flexibility index (Phi) is 6.01. The van der Waals surface area contributed by atoms with Crippen LogP contribution in [0.5, 0.6) is 0 Å². The Morgan fingerprint density at radius 1 is 0.806 bits per heavy atom. The van der Waals surface area contributed by atoms with E-state index in [2.05, 4.69) is 68.2 Å². The molecule has 0 radical (unpaired) electrons. The summed E-state index contributed by atoms with van der Waals surface area (Å²) in [7, 11) is 0. The number of benzene rings is 2. The molecule has 0 spiro atoms. The number of aryl methyl sites for hydroxylation is 1. The monoisotopic (exact) mass is 481 g/mol. The third kappa shape index (κ3) is 4.39. The Morgan fingerprint density at radius 2 is 1.58 bits per heavy atom. The van der Waals surface area contributed by atoms with Crippen LogP contribution in [-0.4, -0.2) is 69.9 Å². The lowest BCUT2D eigenvalue weighted by Crippen LogP contribution is -2.51. The molecule has 1 amide bonds. The lowest BCUT2D eigenvalue weighted by Gasteiger charge is -2.39. The summed E-state index contributed by atoms with van der Waals surface area (Å²) in [5.41, 5.74) is 4.15. The van der Waals surface area contributed by atoms with Crippen molar-refractivity contribution in [2.45, 2.75) is 19.8 Å². The Morgan fingerprint density at radius 3 is 2.33 bits per heavy atom. The Balaban J connectivity index is 1.09. The zero-order valence-corrected chi connectivity index (χ0v) is 20.6. The topological polar surface area (TPSA) is 69.9 Å². The number of piperidine rings is 1. The Labute approximate surface area is 211 Å². The average Bonchev–Trinajstić information content (AvgIpc) is 3.37. The van der Waals surface area contributed by atoms with E-state index in [-0.39, 0.29) is 5.92 Å². The van der Waals surface area contributed by atoms with E-state index in [9.17, 15) is 4.79 Å². The number of piperazine rings is 1. The van der Waals surface area contributed by atoms with Crippen LogP contribution in [0.4, 0.5) is 11.5 Å². The molecule has 8 nitrogen and oxygen atoms in total. The Hall–Kier alpha value is -3.94. The molecule has 2 fully saturated rings. The molecule has 0 N–H and O–H groups in total. The van der Waals surface area contributed by atoms with Gasteiger partial charge in [-0.3, -0.25) is 4.79 Å². The van der Waals surface area contributed by atoms with Gasteiger partial charge in [-0.05, 0) is 50.1 Å². The van der Waals surface area contributed by atoms with Gasteiger partial charge in [0.15, 0.2) is 11.5 Å². The van der Waals surface area contributed by atoms with Crippen LogP contribution in [0, 0.1) is 12.8 Å². The maximum Gasteiger partial charge on any atom is 0.225 e. The summed E-state index contributed by atoms with van der Waals surface area (Å²) in [4.78, 5) is 20.0. The van der Waals surface area contributed by atoms with Crippen molar-refractivity contribution < 1.29 is 4.79 Å². The molecule has 0 saturated carbocycles. The third-order valence-electron chi connectivity index (χ3n) is 7.41. The van der Waals surface area contributed by atoms with Gasteiger partial charge in [-0.2, -0.15) is 4.52 Å². The summed E-state index contributed by atoms with van der Waals surface area (Å²) in [5, 5.41) is 13.6. The molecule has 0 atom stereocenters. The largest absolute Gasteiger partial charge is 0.368 e. The number of hydrogen-bond acceptors (Lipinski definition) is 6. The molecular formula is C28H31N7O. The second-order valence-electron chi connectivity index (χ2n) is 9.76. The molecular weight excluding hydrogens is 450 g/mol. The van der Waals surface area contributed by atoms with Gasteiger partial charge in [-0.1, -0.05) is 42.0 Å². The van der Waals surface area contributed by atoms with E-state index >= 15 is 0 Å². The van der Waals surface area contributed by atoms with Crippen LogP contribution < -0.4 is 9.80 Å². The molecule has 4 heterocycles. The molecule has 6 rings (SSSR count). The lowest BCUT2D eigenvalue weighted by molar-refractivity contribution is -0.136. The van der Waals surface area contributed by atoms with Crippen molar-refractivity contribution in [3.63, 3.8) is 0 Å². The van der Waals surface area contributed by atoms with Crippen molar-refractivity contribution in [1.29, 1.82) is 0 Å². The molecule has 0 aliphatic carbocycles. The summed E-state index contributed by atoms with van der Waals surface area (Å²) < 4.78 is 1.83. The lowest BCUT2D eigenvalue weighted by atomic mass is 9.95. The van der Waals surface area contributed by atoms with Gasteiger partial charge < -0.3 is 14.7 Å². The van der Waals surface area contributed by atoms with Gasteiger partial charge in [0.1, 0.15) is 5.82 Å². The van der Waals surface area contributed by atoms with Gasteiger partial charge in [0, 0.05) is 56.4 Å². The zero-order chi connectivity index (χ0) is 24.5. The molecule has 2 aromatic carbocycles. The van der Waals surface area contributed by atoms with Crippen LogP contribution in [0.15, 0.2) is 66.7 Å². The van der Waals surface area contributed by atoms with Crippen LogP contribution in [-0.2, 0) is 4.79 Å². The summed E-state index contributed by atoms with van der Waals surface area (Å²) >= 11 is 0. The summed E-state index contributed by atoms with van der Waals surface area (Å²) in [5.74, 6) is 2.05. The predicted molar refractivity (Wildman–Crippen MR) is 141 cm³/mol. The zero-order valence-electron chi connectivity index (χ0n) is 20.6. The van der Waals surface area contributed by atoms with Crippen molar-refractivity contribution in [3.8, 4) is 11.4 Å². The first-order valence-corrected chi connectivity index (χ1v) is 12.8. The van der Waals surface area contributed by atoms with E-state index in [1.54, 1.807) is 0 Å². The molecule has 8 heteroatoms. The number of nitrogens with zero attached hydrogens (tertiary/aromatic N) is 7. The average molecular weight is 482 g/mol. The second-order valence-corrected chi connectivity index (χ2v) is 9.76. The third-order valence-corrected chi connectivity index (χ3v) is 7.41. The van der Waals surface area contributed by atoms with Crippen molar-refractivity contribution >= 4 is 23.1 Å². The maximum atomic E-state index is 13.3. The fraction of sp³-hybridized carbons (Fsp3) is 0.357. The van der Waals surface area contributed by atoms with Gasteiger partial charge in [-0.25, -0.2) is 0 Å². The first-order chi connectivity index (χ1) is 17.7. The van der Waals surface area contributed by atoms with Crippen LogP contribution in [0.25, 0.3) is 17.0 Å². The van der Waals surface area contributed by atoms with Gasteiger partial charge in [0.25, 0.3) is 0 Å². The van der Waals surface area contributed by atoms with Crippen LogP contribution >= 0.6 is 0 Å². The minimum Gasteiger partial charge on any atom is -0.368 e. The molecule has 4 aromatic rings. The number of rotatable bonds is 4. The van der Waals surface area contributed by atoms with Gasteiger partial charge in [0.05, 0.1) is 0 Å². The van der Waals surface area contributed by atoms with Gasteiger partial charge in [0.2, 0.25) is 5.91 Å². The molecule has 2 aliphatic rings. The van der Waals surface area contributed by atoms with E-state index in [4.69, 9.17) is 5.10 Å². The fourth-order valence-electron chi connectivity index (χ4n) is 5.35. The molecule has 2 saturated heterocycles. The molecule has 0 unspecified atom stereocenters. The number of anilines is 2. The van der Waals surface area contributed by atoms with E-state index in [1.807, 2.05) is 34.8 Å². The molecule has 2 aliphatic heterocycles. The SMILES string of the molecule is Cc1cccc(-c2nnc3ccc(N4CCC(C(=O)N5CCN(c6ccccc6)CC5)CC4)nn23)c1. The first-order valence-electron chi connectivity index (χ1n) is 12.8. The summed E-state index contributed by atoms with van der Waals surface area (Å²) in [6, 6.07) is 22.7. The maximum absolute atomic E-state index is 13.3. The van der Waals surface area contributed by atoms with Gasteiger partial charge in [-0.15, -0.1) is 15.3 Å².